The molecule has 2 fully saturated rings. The number of piperidine rings is 1. The van der Waals surface area contributed by atoms with Crippen LogP contribution in [0.25, 0.3) is 6.08 Å². The van der Waals surface area contributed by atoms with Crippen LogP contribution >= 0.6 is 0 Å². The van der Waals surface area contributed by atoms with Gasteiger partial charge in [-0.1, -0.05) is 18.2 Å². The van der Waals surface area contributed by atoms with E-state index in [0.717, 1.165) is 31.2 Å². The van der Waals surface area contributed by atoms with Crippen LogP contribution in [-0.2, 0) is 20.5 Å². The zero-order valence-electron chi connectivity index (χ0n) is 22.2. The molecule has 1 amide bonds. The molecule has 3 aliphatic rings. The lowest BCUT2D eigenvalue weighted by atomic mass is 9.70. The van der Waals surface area contributed by atoms with E-state index in [2.05, 4.69) is 33.8 Å². The Labute approximate surface area is 205 Å². The molecule has 0 bridgehead atoms. The summed E-state index contributed by atoms with van der Waals surface area (Å²) in [5, 5.41) is 0. The molecule has 7 heteroatoms. The van der Waals surface area contributed by atoms with E-state index >= 15 is 0 Å². The largest absolute Gasteiger partial charge is 0.454 e. The number of benzene rings is 1. The summed E-state index contributed by atoms with van der Waals surface area (Å²) in [5.74, 6) is -0.191. The fourth-order valence-corrected chi connectivity index (χ4v) is 5.42. The summed E-state index contributed by atoms with van der Waals surface area (Å²) in [6.45, 7) is 17.4. The maximum atomic E-state index is 13.3. The number of ether oxygens (including phenoxy) is 1. The van der Waals surface area contributed by atoms with E-state index in [4.69, 9.17) is 14.0 Å². The molecular formula is C27H41BFNO4. The molecule has 2 heterocycles. The van der Waals surface area contributed by atoms with Gasteiger partial charge in [0.1, 0.15) is 11.4 Å². The van der Waals surface area contributed by atoms with Crippen molar-refractivity contribution in [3.05, 3.63) is 41.2 Å². The monoisotopic (exact) mass is 473 g/mol. The van der Waals surface area contributed by atoms with E-state index in [1.807, 2.05) is 39.7 Å². The summed E-state index contributed by atoms with van der Waals surface area (Å²) >= 11 is 0. The summed E-state index contributed by atoms with van der Waals surface area (Å²) in [5.41, 5.74) is 1.72. The molecule has 1 aromatic rings. The third-order valence-corrected chi connectivity index (χ3v) is 6.50. The first-order valence-corrected chi connectivity index (χ1v) is 12.4. The van der Waals surface area contributed by atoms with Gasteiger partial charge in [0.15, 0.2) is 0 Å². The van der Waals surface area contributed by atoms with Gasteiger partial charge in [-0.3, -0.25) is 0 Å². The molecule has 0 N–H and O–H groups in total. The molecule has 1 aliphatic carbocycles. The van der Waals surface area contributed by atoms with Crippen LogP contribution in [0.15, 0.2) is 24.3 Å². The number of nitrogens with zero attached hydrogens (tertiary/aromatic N) is 1. The van der Waals surface area contributed by atoms with Crippen molar-refractivity contribution in [3.63, 3.8) is 0 Å². The van der Waals surface area contributed by atoms with Crippen molar-refractivity contribution in [2.45, 2.75) is 97.8 Å². The molecule has 5 nitrogen and oxygen atoms in total. The first-order chi connectivity index (χ1) is 15.6. The minimum absolute atomic E-state index is 0.0405. The Morgan fingerprint density at radius 3 is 2.21 bits per heavy atom. The maximum absolute atomic E-state index is 13.3. The average molecular weight is 473 g/mol. The van der Waals surface area contributed by atoms with Gasteiger partial charge >= 0.3 is 13.2 Å². The highest BCUT2D eigenvalue weighted by Crippen LogP contribution is 2.41. The number of carbonyl (C=O) groups excluding carboxylic acids is 1. The first-order valence-electron chi connectivity index (χ1n) is 12.4. The quantitative estimate of drug-likeness (QED) is 0.403. The Kier molecular flexibility index (Phi) is 7.59. The Hall–Kier alpha value is -1.86. The smallest absolute Gasteiger partial charge is 0.444 e. The van der Waals surface area contributed by atoms with Crippen molar-refractivity contribution in [2.24, 2.45) is 5.41 Å². The molecule has 0 atom stereocenters. The highest BCUT2D eigenvalue weighted by atomic mass is 19.1. The summed E-state index contributed by atoms with van der Waals surface area (Å²) in [6, 6.07) is 5.01. The maximum Gasteiger partial charge on any atom is 0.454 e. The van der Waals surface area contributed by atoms with Crippen LogP contribution in [0.4, 0.5) is 9.18 Å². The predicted molar refractivity (Wildman–Crippen MR) is 135 cm³/mol. The van der Waals surface area contributed by atoms with Gasteiger partial charge in [0.05, 0.1) is 11.2 Å². The molecule has 2 aliphatic heterocycles. The van der Waals surface area contributed by atoms with Crippen LogP contribution in [0.3, 0.4) is 0 Å². The molecule has 4 rings (SSSR count). The van der Waals surface area contributed by atoms with Crippen molar-refractivity contribution in [2.75, 3.05) is 13.1 Å². The molecule has 34 heavy (non-hydrogen) atoms. The number of amides is 1. The molecule has 0 unspecified atom stereocenters. The number of fused-ring (bicyclic) bond motifs is 1. The minimum Gasteiger partial charge on any atom is -0.444 e. The molecule has 188 valence electrons. The Balaban J connectivity index is 0.000000248. The standard InChI is InChI=1S/C19H24FNO2.C8H17BO2/c1-18(2,3)23-17(22)21-10-8-19(9-11-21)7-6-14-12-16(20)5-4-15(14)13-19;1-7(2)6-8(3,4)11-9(5)10-7/h4-7,12H,8-11,13H2,1-3H3;6H2,1-5H3. The normalized spacial score (nSPS) is 22.5. The van der Waals surface area contributed by atoms with Crippen LogP contribution in [0, 0.1) is 11.2 Å². The zero-order valence-corrected chi connectivity index (χ0v) is 22.2. The van der Waals surface area contributed by atoms with Crippen LogP contribution in [0.1, 0.15) is 78.9 Å². The van der Waals surface area contributed by atoms with E-state index in [-0.39, 0.29) is 35.6 Å². The summed E-state index contributed by atoms with van der Waals surface area (Å²) in [4.78, 5) is 14.0. The molecule has 0 saturated carbocycles. The number of likely N-dealkylation sites (tertiary alicyclic amines) is 1. The van der Waals surface area contributed by atoms with Crippen LogP contribution in [0.5, 0.6) is 0 Å². The molecule has 1 aromatic carbocycles. The minimum atomic E-state index is -0.458. The van der Waals surface area contributed by atoms with Crippen molar-refractivity contribution >= 4 is 19.3 Å². The SMILES string of the molecule is CB1OC(C)(C)CC(C)(C)O1.CC(C)(C)OC(=O)N1CCC2(C=Cc3cc(F)ccc3C2)CC1. The second-order valence-corrected chi connectivity index (χ2v) is 12.2. The van der Waals surface area contributed by atoms with E-state index in [0.29, 0.717) is 13.1 Å². The van der Waals surface area contributed by atoms with Gasteiger partial charge in [0.25, 0.3) is 0 Å². The van der Waals surface area contributed by atoms with Gasteiger partial charge in [-0.25, -0.2) is 9.18 Å². The molecule has 0 radical (unpaired) electrons. The number of hydrogen-bond donors (Lipinski definition) is 0. The van der Waals surface area contributed by atoms with E-state index in [1.54, 1.807) is 11.0 Å². The zero-order chi connectivity index (χ0) is 25.4. The summed E-state index contributed by atoms with van der Waals surface area (Å²) < 4.78 is 29.9. The topological polar surface area (TPSA) is 48.0 Å². The van der Waals surface area contributed by atoms with Gasteiger partial charge < -0.3 is 18.9 Å². The third-order valence-electron chi connectivity index (χ3n) is 6.50. The highest BCUT2D eigenvalue weighted by molar-refractivity contribution is 6.43. The Morgan fingerprint density at radius 2 is 1.68 bits per heavy atom. The molecule has 0 aromatic heterocycles. The number of halogens is 1. The fraction of sp³-hybridized carbons (Fsp3) is 0.667. The van der Waals surface area contributed by atoms with Gasteiger partial charge in [0, 0.05) is 19.5 Å². The average Bonchev–Trinajstić information content (AvgIpc) is 2.65. The van der Waals surface area contributed by atoms with Crippen molar-refractivity contribution in [1.29, 1.82) is 0 Å². The lowest BCUT2D eigenvalue weighted by Crippen LogP contribution is -2.50. The second-order valence-electron chi connectivity index (χ2n) is 12.2. The lowest BCUT2D eigenvalue weighted by molar-refractivity contribution is -0.0744. The second kappa shape index (κ2) is 9.65. The van der Waals surface area contributed by atoms with Gasteiger partial charge in [0.2, 0.25) is 0 Å². The number of carbonyl (C=O) groups is 1. The van der Waals surface area contributed by atoms with Crippen molar-refractivity contribution in [3.8, 4) is 0 Å². The van der Waals surface area contributed by atoms with Gasteiger partial charge in [-0.15, -0.1) is 0 Å². The van der Waals surface area contributed by atoms with Crippen molar-refractivity contribution < 1.29 is 23.2 Å². The van der Waals surface area contributed by atoms with E-state index in [9.17, 15) is 9.18 Å². The highest BCUT2D eigenvalue weighted by Gasteiger charge is 2.40. The number of allylic oxidation sites excluding steroid dienone is 1. The van der Waals surface area contributed by atoms with E-state index in [1.165, 1.54) is 11.6 Å². The van der Waals surface area contributed by atoms with Crippen molar-refractivity contribution in [1.82, 2.24) is 4.90 Å². The fourth-order valence-electron chi connectivity index (χ4n) is 5.42. The molecular weight excluding hydrogens is 432 g/mol. The van der Waals surface area contributed by atoms with Gasteiger partial charge in [-0.05, 0) is 103 Å². The van der Waals surface area contributed by atoms with Crippen LogP contribution in [0.2, 0.25) is 6.82 Å². The Morgan fingerprint density at radius 1 is 1.09 bits per heavy atom. The third kappa shape index (κ3) is 7.32. The summed E-state index contributed by atoms with van der Waals surface area (Å²) in [6.07, 6.45) is 7.71. The first kappa shape index (κ1) is 26.7. The van der Waals surface area contributed by atoms with Gasteiger partial charge in [-0.2, -0.15) is 0 Å². The van der Waals surface area contributed by atoms with Crippen LogP contribution < -0.4 is 0 Å². The van der Waals surface area contributed by atoms with Crippen LogP contribution in [-0.4, -0.2) is 48.0 Å². The number of rotatable bonds is 0. The number of hydrogen-bond acceptors (Lipinski definition) is 4. The predicted octanol–water partition coefficient (Wildman–Crippen LogP) is 6.51. The summed E-state index contributed by atoms with van der Waals surface area (Å²) in [7, 11) is -0.0752. The van der Waals surface area contributed by atoms with E-state index < -0.39 is 5.60 Å². The molecule has 1 spiro atoms. The molecule has 2 saturated heterocycles. The Bertz CT molecular complexity index is 898. The lowest BCUT2D eigenvalue weighted by Gasteiger charge is -2.43.